The van der Waals surface area contributed by atoms with Gasteiger partial charge in [-0.3, -0.25) is 9.11 Å². The fourth-order valence-corrected chi connectivity index (χ4v) is 11.4. The number of thiol groups is 2. The van der Waals surface area contributed by atoms with E-state index in [4.69, 9.17) is 9.11 Å². The lowest BCUT2D eigenvalue weighted by Crippen LogP contribution is -2.44. The van der Waals surface area contributed by atoms with Crippen molar-refractivity contribution in [3.63, 3.8) is 0 Å². The van der Waals surface area contributed by atoms with Crippen molar-refractivity contribution in [2.24, 2.45) is 23.7 Å². The molecule has 212 valence electrons. The first-order chi connectivity index (χ1) is 15.0. The van der Waals surface area contributed by atoms with E-state index in [1.165, 1.54) is 0 Å². The van der Waals surface area contributed by atoms with Gasteiger partial charge < -0.3 is 0 Å². The predicted octanol–water partition coefficient (Wildman–Crippen LogP) is 3.66. The maximum Gasteiger partial charge on any atom is 0.415 e. The van der Waals surface area contributed by atoms with Gasteiger partial charge in [0, 0.05) is 22.0 Å². The Morgan fingerprint density at radius 1 is 0.618 bits per heavy atom. The molecule has 14 heteroatoms. The van der Waals surface area contributed by atoms with Crippen molar-refractivity contribution >= 4 is 41.2 Å². The van der Waals surface area contributed by atoms with Gasteiger partial charge in [-0.2, -0.15) is 37.3 Å². The van der Waals surface area contributed by atoms with E-state index in [1.807, 2.05) is 55.4 Å². The van der Waals surface area contributed by atoms with Crippen LogP contribution in [0.4, 0.5) is 0 Å². The summed E-state index contributed by atoms with van der Waals surface area (Å²) in [4.78, 5) is 0. The van der Waals surface area contributed by atoms with Gasteiger partial charge in [0.2, 0.25) is 0 Å². The van der Waals surface area contributed by atoms with E-state index >= 15 is 0 Å². The van der Waals surface area contributed by atoms with Gasteiger partial charge in [0.25, 0.3) is 0 Å². The Hall–Kier alpha value is 0.0400. The molecule has 0 rings (SSSR count). The second-order valence-electron chi connectivity index (χ2n) is 10.2. The molecule has 0 aromatic heterocycles. The molecule has 0 saturated carbocycles. The zero-order chi connectivity index (χ0) is 27.7. The zero-order valence-corrected chi connectivity index (χ0v) is 25.6. The molecule has 0 aromatic rings. The molecule has 2 unspecified atom stereocenters. The first kappa shape index (κ1) is 36.2. The second-order valence-corrected chi connectivity index (χ2v) is 18.6. The minimum Gasteiger partial charge on any atom is -0.262 e. The van der Waals surface area contributed by atoms with Crippen molar-refractivity contribution in [3.8, 4) is 0 Å². The molecule has 34 heavy (non-hydrogen) atoms. The monoisotopic (exact) mass is 576 g/mol. The van der Waals surface area contributed by atoms with Crippen LogP contribution in [0, 0.1) is 23.7 Å². The molecular weight excluding hydrogens is 528 g/mol. The molecule has 0 amide bonds. The minimum absolute atomic E-state index is 0.00350. The molecule has 0 aromatic carbocycles. The Morgan fingerprint density at radius 2 is 0.912 bits per heavy atom. The summed E-state index contributed by atoms with van der Waals surface area (Å²) in [5.74, 6) is 1.02. The van der Waals surface area contributed by atoms with Crippen molar-refractivity contribution in [1.82, 2.24) is 0 Å². The quantitative estimate of drug-likeness (QED) is 0.177. The highest BCUT2D eigenvalue weighted by Gasteiger charge is 2.34. The largest absolute Gasteiger partial charge is 0.415 e. The molecule has 0 aliphatic carbocycles. The van der Waals surface area contributed by atoms with E-state index in [9.17, 15) is 25.3 Å². The fraction of sp³-hybridized carbons (Fsp3) is 1.00. The van der Waals surface area contributed by atoms with Crippen LogP contribution in [0.2, 0.25) is 0 Å². The van der Waals surface area contributed by atoms with Crippen LogP contribution in [0.25, 0.3) is 0 Å². The molecular formula is C20H48O10S4. The maximum atomic E-state index is 12.8. The third-order valence-corrected chi connectivity index (χ3v) is 14.5. The van der Waals surface area contributed by atoms with Gasteiger partial charge in [-0.1, -0.05) is 55.4 Å². The van der Waals surface area contributed by atoms with Crippen LogP contribution in [-0.2, 0) is 48.5 Å². The molecule has 0 saturated heterocycles. The van der Waals surface area contributed by atoms with Gasteiger partial charge in [0.1, 0.15) is 0 Å². The summed E-state index contributed by atoms with van der Waals surface area (Å²) < 4.78 is 94.6. The van der Waals surface area contributed by atoms with Gasteiger partial charge in [-0.25, -0.2) is 8.42 Å². The highest BCUT2D eigenvalue weighted by Crippen LogP contribution is 2.31. The van der Waals surface area contributed by atoms with Crippen molar-refractivity contribution in [3.05, 3.63) is 0 Å². The first-order valence-corrected chi connectivity index (χ1v) is 18.0. The summed E-state index contributed by atoms with van der Waals surface area (Å²) in [7, 11) is -16.1. The number of hydrogen-bond acceptors (Lipinski definition) is 8. The van der Waals surface area contributed by atoms with Crippen LogP contribution in [0.5, 0.6) is 0 Å². The summed E-state index contributed by atoms with van der Waals surface area (Å²) >= 11 is 0. The Balaban J connectivity index is 0. The molecule has 0 aliphatic heterocycles. The van der Waals surface area contributed by atoms with Crippen LogP contribution < -0.4 is 0 Å². The third kappa shape index (κ3) is 15.9. The summed E-state index contributed by atoms with van der Waals surface area (Å²) in [5, 5.41) is -0.858. The van der Waals surface area contributed by atoms with Crippen LogP contribution in [0.3, 0.4) is 0 Å². The highest BCUT2D eigenvalue weighted by atomic mass is 32.3. The van der Waals surface area contributed by atoms with E-state index in [0.29, 0.717) is 24.7 Å². The molecule has 0 fully saturated rings. The summed E-state index contributed by atoms with van der Waals surface area (Å²) in [6.45, 7) is 18.6. The molecule has 0 bridgehead atoms. The average molecular weight is 577 g/mol. The number of rotatable bonds is 14. The van der Waals surface area contributed by atoms with Gasteiger partial charge in [0.05, 0.1) is 0 Å². The Labute approximate surface area is 210 Å². The topological polar surface area (TPSA) is 161 Å². The second kappa shape index (κ2) is 14.7. The maximum absolute atomic E-state index is 12.8. The summed E-state index contributed by atoms with van der Waals surface area (Å²) in [6, 6.07) is 0. The normalized spacial score (nSPS) is 16.5. The van der Waals surface area contributed by atoms with Gasteiger partial charge >= 0.3 is 20.8 Å². The Morgan fingerprint density at radius 3 is 1.12 bits per heavy atom. The molecule has 0 spiro atoms. The number of hydrogen-bond donors (Lipinski definition) is 4. The molecule has 10 nitrogen and oxygen atoms in total. The van der Waals surface area contributed by atoms with Gasteiger partial charge in [-0.05, 0) is 50.4 Å². The van der Waals surface area contributed by atoms with E-state index in [2.05, 4.69) is 7.26 Å². The summed E-state index contributed by atoms with van der Waals surface area (Å²) in [6.07, 6.45) is 1.23. The van der Waals surface area contributed by atoms with Crippen LogP contribution in [0.15, 0.2) is 0 Å². The van der Waals surface area contributed by atoms with Crippen LogP contribution >= 0.6 is 0 Å². The minimum atomic E-state index is -4.70. The summed E-state index contributed by atoms with van der Waals surface area (Å²) in [5.41, 5.74) is 0. The molecule has 0 radical (unpaired) electrons. The SMILES string of the molecule is CC(C)C(C)[SH](=O)(OS(=O)(=O)O)C(C)C(C)C.CC(C)CC[SH](=O)(CCC(C)C)OS(=O)(=O)O. The van der Waals surface area contributed by atoms with Crippen LogP contribution in [0.1, 0.15) is 82.1 Å². The van der Waals surface area contributed by atoms with Gasteiger partial charge in [-0.15, -0.1) is 7.26 Å². The lowest BCUT2D eigenvalue weighted by molar-refractivity contribution is 0.378. The Bertz CT molecular complexity index is 858. The van der Waals surface area contributed by atoms with E-state index in [1.54, 1.807) is 13.8 Å². The van der Waals surface area contributed by atoms with E-state index in [0.717, 1.165) is 0 Å². The predicted molar refractivity (Wildman–Crippen MR) is 142 cm³/mol. The lowest BCUT2D eigenvalue weighted by atomic mass is 10.1. The van der Waals surface area contributed by atoms with Crippen molar-refractivity contribution in [1.29, 1.82) is 0 Å². The average Bonchev–Trinajstić information content (AvgIpc) is 2.61. The highest BCUT2D eigenvalue weighted by molar-refractivity contribution is 8.06. The van der Waals surface area contributed by atoms with Crippen molar-refractivity contribution < 1.29 is 41.6 Å². The van der Waals surface area contributed by atoms with Crippen molar-refractivity contribution in [2.75, 3.05) is 11.5 Å². The molecule has 0 heterocycles. The van der Waals surface area contributed by atoms with E-state index in [-0.39, 0.29) is 23.3 Å². The molecule has 0 aliphatic rings. The smallest absolute Gasteiger partial charge is 0.262 e. The zero-order valence-electron chi connectivity index (χ0n) is 22.2. The first-order valence-electron chi connectivity index (χ1n) is 11.5. The fourth-order valence-electron chi connectivity index (χ4n) is 2.75. The molecule has 2 atom stereocenters. The standard InChI is InChI=1S/2C10H24O5S2/c1-9(2)5-7-16(11,8-6-10(3)4)15-17(12,13)14;1-7(2)9(5)16(11,10(6)8(3)4)15-17(12,13)14/h9-10,16H,5-8H2,1-4H3,(H,12,13,14);7-10,16H,1-6H3,(H,12,13,14). The van der Waals surface area contributed by atoms with E-state index < -0.39 is 51.7 Å². The van der Waals surface area contributed by atoms with Gasteiger partial charge in [0.15, 0.2) is 0 Å². The lowest BCUT2D eigenvalue weighted by Gasteiger charge is -2.41. The molecule has 2 N–H and O–H groups in total. The Kier molecular flexibility index (Phi) is 15.6. The van der Waals surface area contributed by atoms with Crippen molar-refractivity contribution in [2.45, 2.75) is 92.6 Å². The third-order valence-electron chi connectivity index (χ3n) is 5.60. The van der Waals surface area contributed by atoms with Crippen LogP contribution in [-0.4, -0.2) is 56.4 Å².